The number of methoxy groups -OCH3 is 1. The summed E-state index contributed by atoms with van der Waals surface area (Å²) in [5, 5.41) is 0. The van der Waals surface area contributed by atoms with Crippen LogP contribution in [0, 0.1) is 0 Å². The molecule has 0 N–H and O–H groups in total. The predicted molar refractivity (Wildman–Crippen MR) is 149 cm³/mol. The summed E-state index contributed by atoms with van der Waals surface area (Å²) in [4.78, 5) is 2.85. The van der Waals surface area contributed by atoms with Crippen LogP contribution in [0.3, 0.4) is 0 Å². The van der Waals surface area contributed by atoms with E-state index in [0.717, 1.165) is 50.2 Å². The zero-order valence-corrected chi connectivity index (χ0v) is 22.8. The van der Waals surface area contributed by atoms with E-state index in [1.807, 2.05) is 24.3 Å². The molecule has 4 rings (SSSR count). The zero-order chi connectivity index (χ0) is 24.7. The Labute approximate surface area is 222 Å². The van der Waals surface area contributed by atoms with Gasteiger partial charge < -0.3 is 9.64 Å². The maximum atomic E-state index is 13.2. The van der Waals surface area contributed by atoms with Gasteiger partial charge in [0.15, 0.2) is 0 Å². The van der Waals surface area contributed by atoms with E-state index in [0.29, 0.717) is 17.4 Å². The third-order valence-corrected chi connectivity index (χ3v) is 8.98. The number of halogens is 1. The van der Waals surface area contributed by atoms with Crippen LogP contribution in [-0.2, 0) is 10.0 Å². The summed E-state index contributed by atoms with van der Waals surface area (Å²) < 4.78 is 33.3. The summed E-state index contributed by atoms with van der Waals surface area (Å²) in [5.74, 6) is 1.49. The number of benzene rings is 3. The van der Waals surface area contributed by atoms with Gasteiger partial charge in [0.25, 0.3) is 0 Å². The molecule has 0 amide bonds. The highest BCUT2D eigenvalue weighted by Crippen LogP contribution is 2.30. The van der Waals surface area contributed by atoms with Crippen molar-refractivity contribution in [1.29, 1.82) is 0 Å². The molecule has 0 aliphatic carbocycles. The first-order valence-electron chi connectivity index (χ1n) is 12.4. The highest BCUT2D eigenvalue weighted by molar-refractivity contribution is 7.89. The second-order valence-corrected chi connectivity index (χ2v) is 11.4. The van der Waals surface area contributed by atoms with Gasteiger partial charge in [-0.15, -0.1) is 12.4 Å². The second-order valence-electron chi connectivity index (χ2n) is 9.39. The van der Waals surface area contributed by atoms with E-state index in [1.54, 1.807) is 38.4 Å². The fraction of sp³-hybridized carbons (Fsp3) is 0.379. The van der Waals surface area contributed by atoms with Gasteiger partial charge in [-0.25, -0.2) is 12.7 Å². The molecule has 0 saturated carbocycles. The Morgan fingerprint density at radius 3 is 2.22 bits per heavy atom. The lowest BCUT2D eigenvalue weighted by molar-refractivity contribution is 0.203. The van der Waals surface area contributed by atoms with Crippen molar-refractivity contribution >= 4 is 22.4 Å². The standard InChI is InChI=1S/C29H36N2O3S.ClH/c1-30(35(32,33)29-14-7-4-8-15-29)23-27(26-12-9-13-28(22-26)34-2)18-21-31-19-16-25(17-20-31)24-10-5-3-6-11-24;/h3-15,22,25,27H,16-21,23H2,1-2H3;1H/t27-;/m0./s1. The second kappa shape index (κ2) is 13.2. The molecule has 1 fully saturated rings. The maximum absolute atomic E-state index is 13.2. The lowest BCUT2D eigenvalue weighted by Crippen LogP contribution is -2.36. The Kier molecular flexibility index (Phi) is 10.4. The first-order chi connectivity index (χ1) is 17.0. The highest BCUT2D eigenvalue weighted by atomic mass is 35.5. The van der Waals surface area contributed by atoms with E-state index >= 15 is 0 Å². The number of likely N-dealkylation sites (tertiary alicyclic amines) is 1. The fourth-order valence-electron chi connectivity index (χ4n) is 4.99. The SMILES string of the molecule is COc1cccc([C@@H](CCN2CCC(c3ccccc3)CC2)CN(C)S(=O)(=O)c2ccccc2)c1.Cl. The molecule has 7 heteroatoms. The normalized spacial score (nSPS) is 15.9. The van der Waals surface area contributed by atoms with Crippen molar-refractivity contribution in [3.05, 3.63) is 96.1 Å². The van der Waals surface area contributed by atoms with Gasteiger partial charge in [0.1, 0.15) is 5.75 Å². The molecule has 5 nitrogen and oxygen atoms in total. The number of sulfonamides is 1. The monoisotopic (exact) mass is 528 g/mol. The van der Waals surface area contributed by atoms with Crippen LogP contribution in [0.5, 0.6) is 5.75 Å². The van der Waals surface area contributed by atoms with Gasteiger partial charge in [0, 0.05) is 13.6 Å². The quantitative estimate of drug-likeness (QED) is 0.334. The average Bonchev–Trinajstić information content (AvgIpc) is 2.92. The molecule has 0 aromatic heterocycles. The maximum Gasteiger partial charge on any atom is 0.242 e. The topological polar surface area (TPSA) is 49.9 Å². The molecule has 1 heterocycles. The van der Waals surface area contributed by atoms with Gasteiger partial charge >= 0.3 is 0 Å². The molecule has 0 spiro atoms. The Hall–Kier alpha value is -2.38. The van der Waals surface area contributed by atoms with Crippen molar-refractivity contribution in [2.24, 2.45) is 0 Å². The van der Waals surface area contributed by atoms with Crippen molar-refractivity contribution in [3.8, 4) is 5.75 Å². The molecule has 194 valence electrons. The highest BCUT2D eigenvalue weighted by Gasteiger charge is 2.26. The molecule has 1 aliphatic rings. The summed E-state index contributed by atoms with van der Waals surface area (Å²) in [7, 11) is -0.205. The Morgan fingerprint density at radius 2 is 1.58 bits per heavy atom. The van der Waals surface area contributed by atoms with Crippen LogP contribution < -0.4 is 4.74 Å². The minimum atomic E-state index is -3.55. The lowest BCUT2D eigenvalue weighted by atomic mass is 9.89. The first kappa shape index (κ1) is 28.2. The van der Waals surface area contributed by atoms with Crippen LogP contribution in [0.15, 0.2) is 89.8 Å². The average molecular weight is 529 g/mol. The van der Waals surface area contributed by atoms with Crippen LogP contribution in [-0.4, -0.2) is 58.0 Å². The van der Waals surface area contributed by atoms with Gasteiger partial charge in [0.2, 0.25) is 10.0 Å². The molecular formula is C29H37ClN2O3S. The van der Waals surface area contributed by atoms with E-state index in [-0.39, 0.29) is 18.3 Å². The summed E-state index contributed by atoms with van der Waals surface area (Å²) in [6, 6.07) is 27.5. The van der Waals surface area contributed by atoms with Gasteiger partial charge in [-0.05, 0) is 86.1 Å². The predicted octanol–water partition coefficient (Wildman–Crippen LogP) is 5.79. The molecule has 1 aliphatic heterocycles. The van der Waals surface area contributed by atoms with Gasteiger partial charge in [-0.1, -0.05) is 60.7 Å². The largest absolute Gasteiger partial charge is 0.497 e. The Bertz CT molecular complexity index is 1170. The third kappa shape index (κ3) is 7.10. The van der Waals surface area contributed by atoms with Gasteiger partial charge in [-0.2, -0.15) is 0 Å². The number of rotatable bonds is 10. The number of ether oxygens (including phenoxy) is 1. The third-order valence-electron chi connectivity index (χ3n) is 7.15. The molecule has 3 aromatic rings. The van der Waals surface area contributed by atoms with Crippen molar-refractivity contribution in [3.63, 3.8) is 0 Å². The molecule has 0 unspecified atom stereocenters. The molecule has 1 saturated heterocycles. The van der Waals surface area contributed by atoms with Crippen molar-refractivity contribution in [2.75, 3.05) is 40.3 Å². The minimum Gasteiger partial charge on any atom is -0.497 e. The Morgan fingerprint density at radius 1 is 0.944 bits per heavy atom. The molecule has 36 heavy (non-hydrogen) atoms. The summed E-state index contributed by atoms with van der Waals surface area (Å²) in [5.41, 5.74) is 2.55. The fourth-order valence-corrected chi connectivity index (χ4v) is 6.23. The molecular weight excluding hydrogens is 492 g/mol. The van der Waals surface area contributed by atoms with Crippen LogP contribution in [0.2, 0.25) is 0 Å². The zero-order valence-electron chi connectivity index (χ0n) is 21.1. The lowest BCUT2D eigenvalue weighted by Gasteiger charge is -2.33. The first-order valence-corrected chi connectivity index (χ1v) is 13.8. The van der Waals surface area contributed by atoms with E-state index in [1.165, 1.54) is 9.87 Å². The van der Waals surface area contributed by atoms with Gasteiger partial charge in [-0.3, -0.25) is 0 Å². The summed E-state index contributed by atoms with van der Waals surface area (Å²) in [6.45, 7) is 3.51. The smallest absolute Gasteiger partial charge is 0.242 e. The molecule has 0 bridgehead atoms. The van der Waals surface area contributed by atoms with E-state index in [4.69, 9.17) is 4.74 Å². The van der Waals surface area contributed by atoms with Crippen molar-refractivity contribution in [2.45, 2.75) is 36.0 Å². The van der Waals surface area contributed by atoms with Crippen LogP contribution >= 0.6 is 12.4 Å². The summed E-state index contributed by atoms with van der Waals surface area (Å²) >= 11 is 0. The van der Waals surface area contributed by atoms with Crippen LogP contribution in [0.1, 0.15) is 42.2 Å². The van der Waals surface area contributed by atoms with Crippen molar-refractivity contribution < 1.29 is 13.2 Å². The summed E-state index contributed by atoms with van der Waals surface area (Å²) in [6.07, 6.45) is 3.21. The van der Waals surface area contributed by atoms with E-state index in [2.05, 4.69) is 41.3 Å². The number of piperidine rings is 1. The number of hydrogen-bond donors (Lipinski definition) is 0. The molecule has 0 radical (unpaired) electrons. The number of likely N-dealkylation sites (N-methyl/N-ethyl adjacent to an activating group) is 1. The van der Waals surface area contributed by atoms with Crippen LogP contribution in [0.4, 0.5) is 0 Å². The van der Waals surface area contributed by atoms with E-state index < -0.39 is 10.0 Å². The van der Waals surface area contributed by atoms with Crippen molar-refractivity contribution in [1.82, 2.24) is 9.21 Å². The number of hydrogen-bond acceptors (Lipinski definition) is 4. The molecule has 1 atom stereocenters. The van der Waals surface area contributed by atoms with Gasteiger partial charge in [0.05, 0.1) is 12.0 Å². The Balaban J connectivity index is 0.00000361. The minimum absolute atomic E-state index is 0. The number of nitrogens with zero attached hydrogens (tertiary/aromatic N) is 2. The van der Waals surface area contributed by atoms with E-state index in [9.17, 15) is 8.42 Å². The van der Waals surface area contributed by atoms with Crippen LogP contribution in [0.25, 0.3) is 0 Å². The molecule has 3 aromatic carbocycles.